The molecule has 2 saturated heterocycles. The van der Waals surface area contributed by atoms with Crippen LogP contribution < -0.4 is 4.90 Å². The topological polar surface area (TPSA) is 60.9 Å². The van der Waals surface area contributed by atoms with Crippen LogP contribution in [-0.4, -0.2) is 41.5 Å². The van der Waals surface area contributed by atoms with Gasteiger partial charge in [0.1, 0.15) is 0 Å². The molecule has 2 aromatic carbocycles. The summed E-state index contributed by atoms with van der Waals surface area (Å²) in [6.45, 7) is 1.69. The molecule has 0 radical (unpaired) electrons. The molecule has 0 aliphatic carbocycles. The lowest BCUT2D eigenvalue weighted by Gasteiger charge is -2.35. The Morgan fingerprint density at radius 3 is 2.38 bits per heavy atom. The number of amides is 2. The van der Waals surface area contributed by atoms with E-state index in [1.54, 1.807) is 4.90 Å². The molecule has 1 N–H and O–H groups in total. The largest absolute Gasteiger partial charge is 0.388 e. The number of para-hydroxylation sites is 1. The molecule has 2 amide bonds. The monoisotopic (exact) mass is 456 g/mol. The molecular formula is C23H25BrN2O3. The number of halogens is 1. The number of piperidine rings is 1. The van der Waals surface area contributed by atoms with Crippen molar-refractivity contribution in [1.82, 2.24) is 4.90 Å². The molecule has 152 valence electrons. The molecule has 0 aromatic heterocycles. The maximum atomic E-state index is 13.0. The van der Waals surface area contributed by atoms with Crippen LogP contribution in [-0.2, 0) is 9.59 Å². The zero-order valence-electron chi connectivity index (χ0n) is 16.2. The quantitative estimate of drug-likeness (QED) is 0.761. The highest BCUT2D eigenvalue weighted by molar-refractivity contribution is 9.10. The molecule has 0 spiro atoms. The average Bonchev–Trinajstić information content (AvgIpc) is 3.15. The van der Waals surface area contributed by atoms with Crippen LogP contribution in [0.2, 0.25) is 0 Å². The lowest BCUT2D eigenvalue weighted by Crippen LogP contribution is -2.43. The minimum Gasteiger partial charge on any atom is -0.388 e. The van der Waals surface area contributed by atoms with E-state index in [0.29, 0.717) is 19.6 Å². The first-order chi connectivity index (χ1) is 14.0. The van der Waals surface area contributed by atoms with Gasteiger partial charge in [0.05, 0.1) is 17.7 Å². The van der Waals surface area contributed by atoms with E-state index >= 15 is 0 Å². The molecule has 2 unspecified atom stereocenters. The Kier molecular flexibility index (Phi) is 6.01. The highest BCUT2D eigenvalue weighted by Crippen LogP contribution is 2.34. The fourth-order valence-electron chi connectivity index (χ4n) is 4.39. The van der Waals surface area contributed by atoms with Crippen molar-refractivity contribution in [3.8, 4) is 0 Å². The Hall–Kier alpha value is -2.18. The van der Waals surface area contributed by atoms with Gasteiger partial charge < -0.3 is 14.9 Å². The van der Waals surface area contributed by atoms with Crippen LogP contribution in [0, 0.1) is 11.8 Å². The van der Waals surface area contributed by atoms with E-state index in [1.807, 2.05) is 59.5 Å². The van der Waals surface area contributed by atoms with E-state index in [0.717, 1.165) is 28.6 Å². The first-order valence-electron chi connectivity index (χ1n) is 10.1. The predicted octanol–water partition coefficient (Wildman–Crippen LogP) is 3.77. The van der Waals surface area contributed by atoms with Crippen molar-refractivity contribution in [3.05, 3.63) is 64.6 Å². The molecule has 2 heterocycles. The summed E-state index contributed by atoms with van der Waals surface area (Å²) < 4.78 is 0.858. The van der Waals surface area contributed by atoms with E-state index in [-0.39, 0.29) is 30.1 Å². The zero-order valence-corrected chi connectivity index (χ0v) is 17.8. The number of nitrogens with zero attached hydrogens (tertiary/aromatic N) is 2. The molecule has 2 atom stereocenters. The Bertz CT molecular complexity index is 881. The molecule has 0 saturated carbocycles. The van der Waals surface area contributed by atoms with Crippen molar-refractivity contribution in [2.24, 2.45) is 11.8 Å². The molecule has 29 heavy (non-hydrogen) atoms. The summed E-state index contributed by atoms with van der Waals surface area (Å²) in [7, 11) is 0. The molecule has 5 nitrogen and oxygen atoms in total. The Labute approximate surface area is 179 Å². The summed E-state index contributed by atoms with van der Waals surface area (Å²) in [5, 5.41) is 10.6. The number of carbonyl (C=O) groups is 2. The number of aliphatic hydroxyl groups excluding tert-OH is 1. The third-order valence-corrected chi connectivity index (χ3v) is 6.73. The molecule has 2 aromatic rings. The van der Waals surface area contributed by atoms with E-state index in [2.05, 4.69) is 15.9 Å². The summed E-state index contributed by atoms with van der Waals surface area (Å²) in [5.41, 5.74) is 1.75. The smallest absolute Gasteiger partial charge is 0.228 e. The van der Waals surface area contributed by atoms with Gasteiger partial charge in [0.15, 0.2) is 0 Å². The van der Waals surface area contributed by atoms with Crippen LogP contribution >= 0.6 is 15.9 Å². The lowest BCUT2D eigenvalue weighted by molar-refractivity contribution is -0.137. The van der Waals surface area contributed by atoms with Gasteiger partial charge in [-0.25, -0.2) is 0 Å². The molecule has 4 rings (SSSR count). The maximum absolute atomic E-state index is 13.0. The summed E-state index contributed by atoms with van der Waals surface area (Å²) >= 11 is 3.49. The molecule has 0 bridgehead atoms. The molecule has 2 aliphatic heterocycles. The summed E-state index contributed by atoms with van der Waals surface area (Å²) in [5.74, 6) is -0.0983. The van der Waals surface area contributed by atoms with Crippen LogP contribution in [0.15, 0.2) is 59.1 Å². The number of benzene rings is 2. The van der Waals surface area contributed by atoms with E-state index in [9.17, 15) is 14.7 Å². The fraction of sp³-hybridized carbons (Fsp3) is 0.391. The summed E-state index contributed by atoms with van der Waals surface area (Å²) in [6, 6.07) is 17.3. The van der Waals surface area contributed by atoms with Gasteiger partial charge in [-0.3, -0.25) is 9.59 Å². The number of carbonyl (C=O) groups excluding carboxylic acids is 2. The molecular weight excluding hydrogens is 432 g/mol. The highest BCUT2D eigenvalue weighted by Gasteiger charge is 2.39. The first kappa shape index (κ1) is 20.1. The highest BCUT2D eigenvalue weighted by atomic mass is 79.9. The second kappa shape index (κ2) is 8.67. The molecule has 6 heteroatoms. The average molecular weight is 457 g/mol. The van der Waals surface area contributed by atoms with Crippen LogP contribution in [0.5, 0.6) is 0 Å². The van der Waals surface area contributed by atoms with Gasteiger partial charge in [0.25, 0.3) is 0 Å². The van der Waals surface area contributed by atoms with Crippen molar-refractivity contribution in [1.29, 1.82) is 0 Å². The van der Waals surface area contributed by atoms with Gasteiger partial charge in [0, 0.05) is 30.5 Å². The number of aliphatic hydroxyl groups is 1. The zero-order chi connectivity index (χ0) is 20.4. The Balaban J connectivity index is 1.35. The van der Waals surface area contributed by atoms with E-state index < -0.39 is 6.10 Å². The van der Waals surface area contributed by atoms with Crippen molar-refractivity contribution in [2.45, 2.75) is 25.4 Å². The van der Waals surface area contributed by atoms with Crippen LogP contribution in [0.1, 0.15) is 30.9 Å². The predicted molar refractivity (Wildman–Crippen MR) is 115 cm³/mol. The third-order valence-electron chi connectivity index (χ3n) is 6.06. The fourth-order valence-corrected chi connectivity index (χ4v) is 4.89. The maximum Gasteiger partial charge on any atom is 0.228 e. The summed E-state index contributed by atoms with van der Waals surface area (Å²) in [4.78, 5) is 29.1. The van der Waals surface area contributed by atoms with Crippen LogP contribution in [0.25, 0.3) is 0 Å². The SMILES string of the molecule is O=C(C1CC(=O)N(c2ccccc2Br)C1)N1CCC(C(O)c2ccccc2)CC1. The van der Waals surface area contributed by atoms with Gasteiger partial charge in [-0.05, 0) is 52.4 Å². The van der Waals surface area contributed by atoms with E-state index in [1.165, 1.54) is 0 Å². The Morgan fingerprint density at radius 1 is 1.03 bits per heavy atom. The first-order valence-corrected chi connectivity index (χ1v) is 10.9. The standard InChI is InChI=1S/C23H25BrN2O3/c24-19-8-4-5-9-20(19)26-15-18(14-21(26)27)23(29)25-12-10-17(11-13-25)22(28)16-6-2-1-3-7-16/h1-9,17-18,22,28H,10-15H2. The number of hydrogen-bond acceptors (Lipinski definition) is 3. The minimum absolute atomic E-state index is 0.00960. The molecule has 2 fully saturated rings. The minimum atomic E-state index is -0.493. The number of hydrogen-bond donors (Lipinski definition) is 1. The Morgan fingerprint density at radius 2 is 1.69 bits per heavy atom. The van der Waals surface area contributed by atoms with Gasteiger partial charge in [-0.15, -0.1) is 0 Å². The second-order valence-corrected chi connectivity index (χ2v) is 8.73. The lowest BCUT2D eigenvalue weighted by atomic mass is 9.87. The van der Waals surface area contributed by atoms with Crippen LogP contribution in [0.3, 0.4) is 0 Å². The molecule has 2 aliphatic rings. The van der Waals surface area contributed by atoms with Crippen molar-refractivity contribution < 1.29 is 14.7 Å². The second-order valence-electron chi connectivity index (χ2n) is 7.88. The van der Waals surface area contributed by atoms with Gasteiger partial charge >= 0.3 is 0 Å². The van der Waals surface area contributed by atoms with E-state index in [4.69, 9.17) is 0 Å². The van der Waals surface area contributed by atoms with Crippen molar-refractivity contribution in [3.63, 3.8) is 0 Å². The number of rotatable bonds is 4. The van der Waals surface area contributed by atoms with Crippen molar-refractivity contribution >= 4 is 33.4 Å². The number of anilines is 1. The van der Waals surface area contributed by atoms with Crippen LogP contribution in [0.4, 0.5) is 5.69 Å². The van der Waals surface area contributed by atoms with Crippen molar-refractivity contribution in [2.75, 3.05) is 24.5 Å². The normalized spacial score (nSPS) is 21.4. The van der Waals surface area contributed by atoms with Gasteiger partial charge in [-0.1, -0.05) is 42.5 Å². The van der Waals surface area contributed by atoms with Gasteiger partial charge in [-0.2, -0.15) is 0 Å². The van der Waals surface area contributed by atoms with Gasteiger partial charge in [0.2, 0.25) is 11.8 Å². The summed E-state index contributed by atoms with van der Waals surface area (Å²) in [6.07, 6.45) is 1.31. The third kappa shape index (κ3) is 4.23. The number of likely N-dealkylation sites (tertiary alicyclic amines) is 1.